The van der Waals surface area contributed by atoms with Crippen molar-refractivity contribution < 1.29 is 18.8 Å². The van der Waals surface area contributed by atoms with Crippen LogP contribution < -0.4 is 5.32 Å². The Labute approximate surface area is 217 Å². The number of nitrogens with zero attached hydrogens (tertiary/aromatic N) is 2. The fraction of sp³-hybridized carbons (Fsp3) is 0.138. The van der Waals surface area contributed by atoms with Gasteiger partial charge in [-0.2, -0.15) is 0 Å². The largest absolute Gasteiger partial charge is 0.342 e. The number of fused-ring (bicyclic) bond motifs is 1. The third-order valence-electron chi connectivity index (χ3n) is 6.29. The highest BCUT2D eigenvalue weighted by Gasteiger charge is 2.36. The molecule has 4 aromatic rings. The molecule has 3 aromatic carbocycles. The summed E-state index contributed by atoms with van der Waals surface area (Å²) in [6, 6.07) is 19.8. The molecule has 1 aliphatic rings. The van der Waals surface area contributed by atoms with E-state index in [0.717, 1.165) is 49.8 Å². The molecule has 37 heavy (non-hydrogen) atoms. The summed E-state index contributed by atoms with van der Waals surface area (Å²) >= 11 is 0.822. The molecule has 1 fully saturated rings. The first-order chi connectivity index (χ1) is 17.8. The average molecular weight is 514 g/mol. The normalized spacial score (nSPS) is 14.7. The molecule has 6 nitrogen and oxygen atoms in total. The lowest BCUT2D eigenvalue weighted by molar-refractivity contribution is -0.127. The molecular formula is C29H24FN3O3S. The van der Waals surface area contributed by atoms with Gasteiger partial charge in [0.05, 0.1) is 4.91 Å². The zero-order chi connectivity index (χ0) is 26.1. The van der Waals surface area contributed by atoms with Gasteiger partial charge in [-0.3, -0.25) is 19.3 Å². The van der Waals surface area contributed by atoms with Crippen LogP contribution in [0, 0.1) is 19.7 Å². The lowest BCUT2D eigenvalue weighted by atomic mass is 10.1. The first-order valence-electron chi connectivity index (χ1n) is 11.7. The molecule has 0 bridgehead atoms. The molecular weight excluding hydrogens is 489 g/mol. The third kappa shape index (κ3) is 5.06. The fourth-order valence-electron chi connectivity index (χ4n) is 4.42. The third-order valence-corrected chi connectivity index (χ3v) is 7.20. The van der Waals surface area contributed by atoms with Gasteiger partial charge in [0.2, 0.25) is 5.91 Å². The number of amides is 3. The summed E-state index contributed by atoms with van der Waals surface area (Å²) in [5.41, 5.74) is 5.15. The number of nitrogens with one attached hydrogen (secondary N) is 1. The quantitative estimate of drug-likeness (QED) is 0.315. The molecule has 0 saturated carbocycles. The van der Waals surface area contributed by atoms with Crippen LogP contribution in [0.3, 0.4) is 0 Å². The van der Waals surface area contributed by atoms with Gasteiger partial charge >= 0.3 is 0 Å². The number of hydrogen-bond acceptors (Lipinski definition) is 4. The van der Waals surface area contributed by atoms with Gasteiger partial charge in [0.25, 0.3) is 11.1 Å². The fourth-order valence-corrected chi connectivity index (χ4v) is 5.25. The zero-order valence-electron chi connectivity index (χ0n) is 20.3. The number of benzene rings is 3. The van der Waals surface area contributed by atoms with Crippen LogP contribution in [0.15, 0.2) is 77.8 Å². The van der Waals surface area contributed by atoms with E-state index in [2.05, 4.69) is 5.32 Å². The Balaban J connectivity index is 1.38. The number of para-hydroxylation sites is 2. The van der Waals surface area contributed by atoms with Crippen molar-refractivity contribution >= 4 is 51.5 Å². The highest BCUT2D eigenvalue weighted by atomic mass is 32.2. The first kappa shape index (κ1) is 24.5. The second-order valence-corrected chi connectivity index (χ2v) is 9.93. The van der Waals surface area contributed by atoms with E-state index in [4.69, 9.17) is 0 Å². The number of carbonyl (C=O) groups is 3. The predicted molar refractivity (Wildman–Crippen MR) is 145 cm³/mol. The van der Waals surface area contributed by atoms with Crippen LogP contribution in [0.1, 0.15) is 22.3 Å². The highest BCUT2D eigenvalue weighted by molar-refractivity contribution is 8.18. The molecule has 1 saturated heterocycles. The van der Waals surface area contributed by atoms with E-state index in [9.17, 15) is 18.8 Å². The van der Waals surface area contributed by atoms with E-state index in [1.54, 1.807) is 18.2 Å². The van der Waals surface area contributed by atoms with Crippen LogP contribution in [0.4, 0.5) is 14.9 Å². The van der Waals surface area contributed by atoms with Crippen molar-refractivity contribution in [1.29, 1.82) is 0 Å². The van der Waals surface area contributed by atoms with Crippen LogP contribution in [0.2, 0.25) is 0 Å². The second kappa shape index (κ2) is 10.1. The molecule has 0 unspecified atom stereocenters. The summed E-state index contributed by atoms with van der Waals surface area (Å²) in [5, 5.41) is 3.26. The Hall–Kier alpha value is -4.17. The number of thioether (sulfide) groups is 1. The molecule has 8 heteroatoms. The molecule has 3 amide bonds. The minimum atomic E-state index is -0.498. The lowest BCUT2D eigenvalue weighted by Gasteiger charge is -2.15. The van der Waals surface area contributed by atoms with E-state index in [1.807, 2.05) is 67.1 Å². The summed E-state index contributed by atoms with van der Waals surface area (Å²) in [7, 11) is 0. The van der Waals surface area contributed by atoms with Crippen molar-refractivity contribution in [2.75, 3.05) is 11.9 Å². The first-order valence-corrected chi connectivity index (χ1v) is 12.6. The summed E-state index contributed by atoms with van der Waals surface area (Å²) in [6.07, 6.45) is 3.60. The summed E-state index contributed by atoms with van der Waals surface area (Å²) in [4.78, 5) is 39.7. The van der Waals surface area contributed by atoms with E-state index < -0.39 is 17.1 Å². The van der Waals surface area contributed by atoms with Gasteiger partial charge < -0.3 is 9.88 Å². The molecule has 0 radical (unpaired) electrons. The highest BCUT2D eigenvalue weighted by Crippen LogP contribution is 2.34. The van der Waals surface area contributed by atoms with Gasteiger partial charge in [-0.1, -0.05) is 48.5 Å². The van der Waals surface area contributed by atoms with Crippen molar-refractivity contribution in [2.45, 2.75) is 20.4 Å². The number of halogens is 1. The van der Waals surface area contributed by atoms with Gasteiger partial charge in [0.15, 0.2) is 0 Å². The molecule has 1 aromatic heterocycles. The molecule has 0 spiro atoms. The van der Waals surface area contributed by atoms with E-state index >= 15 is 0 Å². The number of carbonyl (C=O) groups excluding carboxylic acids is 3. The molecule has 2 heterocycles. The number of anilines is 1. The topological polar surface area (TPSA) is 71.4 Å². The molecule has 0 aliphatic carbocycles. The Morgan fingerprint density at radius 1 is 0.973 bits per heavy atom. The summed E-state index contributed by atoms with van der Waals surface area (Å²) in [5.74, 6) is -1.22. The van der Waals surface area contributed by atoms with Gasteiger partial charge in [0, 0.05) is 34.9 Å². The number of aryl methyl sites for hydroxylation is 2. The maximum Gasteiger partial charge on any atom is 0.294 e. The van der Waals surface area contributed by atoms with Crippen LogP contribution in [-0.4, -0.2) is 33.1 Å². The Bertz CT molecular complexity index is 1550. The predicted octanol–water partition coefficient (Wildman–Crippen LogP) is 6.12. The monoisotopic (exact) mass is 513 g/mol. The van der Waals surface area contributed by atoms with E-state index in [1.165, 1.54) is 12.1 Å². The van der Waals surface area contributed by atoms with Crippen molar-refractivity contribution in [1.82, 2.24) is 9.47 Å². The standard InChI is InChI=1S/C29H24FN3O3S/c1-18-6-5-7-19(2)27(18)31-26(34)17-33-28(35)25(37-29(33)36)14-21-16-32(24-9-4-3-8-23(21)24)15-20-10-12-22(30)13-11-20/h3-14,16H,15,17H2,1-2H3,(H,31,34)/b25-14-. The Kier molecular flexibility index (Phi) is 6.67. The van der Waals surface area contributed by atoms with Gasteiger partial charge in [0.1, 0.15) is 12.4 Å². The summed E-state index contributed by atoms with van der Waals surface area (Å²) < 4.78 is 15.4. The van der Waals surface area contributed by atoms with Crippen LogP contribution in [0.5, 0.6) is 0 Å². The molecule has 1 aliphatic heterocycles. The molecule has 0 atom stereocenters. The van der Waals surface area contributed by atoms with Crippen molar-refractivity contribution in [3.63, 3.8) is 0 Å². The number of imide groups is 1. The van der Waals surface area contributed by atoms with Gasteiger partial charge in [-0.25, -0.2) is 4.39 Å². The van der Waals surface area contributed by atoms with Crippen molar-refractivity contribution in [3.8, 4) is 0 Å². The van der Waals surface area contributed by atoms with Crippen LogP contribution in [-0.2, 0) is 16.1 Å². The van der Waals surface area contributed by atoms with E-state index in [-0.39, 0.29) is 17.3 Å². The average Bonchev–Trinajstić information content (AvgIpc) is 3.35. The smallest absolute Gasteiger partial charge is 0.294 e. The summed E-state index contributed by atoms with van der Waals surface area (Å²) in [6.45, 7) is 3.94. The van der Waals surface area contributed by atoms with Crippen LogP contribution >= 0.6 is 11.8 Å². The van der Waals surface area contributed by atoms with Crippen molar-refractivity contribution in [3.05, 3.63) is 106 Å². The number of aromatic nitrogens is 1. The second-order valence-electron chi connectivity index (χ2n) is 8.94. The van der Waals surface area contributed by atoms with Crippen molar-refractivity contribution in [2.24, 2.45) is 0 Å². The Morgan fingerprint density at radius 2 is 1.68 bits per heavy atom. The van der Waals surface area contributed by atoms with Gasteiger partial charge in [-0.15, -0.1) is 0 Å². The maximum absolute atomic E-state index is 13.3. The van der Waals surface area contributed by atoms with Crippen LogP contribution in [0.25, 0.3) is 17.0 Å². The molecule has 1 N–H and O–H groups in total. The van der Waals surface area contributed by atoms with E-state index in [0.29, 0.717) is 12.2 Å². The lowest BCUT2D eigenvalue weighted by Crippen LogP contribution is -2.36. The maximum atomic E-state index is 13.3. The minimum Gasteiger partial charge on any atom is -0.342 e. The zero-order valence-corrected chi connectivity index (χ0v) is 21.1. The molecule has 5 rings (SSSR count). The molecule has 186 valence electrons. The SMILES string of the molecule is Cc1cccc(C)c1NC(=O)CN1C(=O)S/C(=C\c2cn(Cc3ccc(F)cc3)c3ccccc23)C1=O. The Morgan fingerprint density at radius 3 is 2.41 bits per heavy atom. The minimum absolute atomic E-state index is 0.259. The number of hydrogen-bond donors (Lipinski definition) is 1. The van der Waals surface area contributed by atoms with Gasteiger partial charge in [-0.05, 0) is 66.6 Å². The number of rotatable bonds is 6.